The first kappa shape index (κ1) is 15.3. The van der Waals surface area contributed by atoms with Crippen LogP contribution in [0.25, 0.3) is 10.9 Å². The van der Waals surface area contributed by atoms with Crippen LogP contribution in [0.2, 0.25) is 0 Å². The Bertz CT molecular complexity index is 1030. The Hall–Kier alpha value is -2.95. The van der Waals surface area contributed by atoms with Crippen LogP contribution in [0.3, 0.4) is 0 Å². The highest BCUT2D eigenvalue weighted by Gasteiger charge is 2.51. The number of carbonyl (C=O) groups excluding carboxylic acids is 1. The van der Waals surface area contributed by atoms with Gasteiger partial charge in [-0.2, -0.15) is 0 Å². The molecule has 2 aromatic carbocycles. The molecule has 0 radical (unpaired) electrons. The number of amides is 1. The van der Waals surface area contributed by atoms with Crippen molar-refractivity contribution in [3.05, 3.63) is 53.7 Å². The maximum atomic E-state index is 13.1. The summed E-state index contributed by atoms with van der Waals surface area (Å²) in [6.07, 6.45) is 4.49. The van der Waals surface area contributed by atoms with Crippen LogP contribution >= 0.6 is 0 Å². The molecule has 0 unspecified atom stereocenters. The van der Waals surface area contributed by atoms with E-state index >= 15 is 0 Å². The van der Waals surface area contributed by atoms with Gasteiger partial charge in [0.2, 0.25) is 12.7 Å². The number of benzene rings is 2. The van der Waals surface area contributed by atoms with Gasteiger partial charge in [0, 0.05) is 20.3 Å². The lowest BCUT2D eigenvalue weighted by Crippen LogP contribution is -2.28. The van der Waals surface area contributed by atoms with Crippen molar-refractivity contribution in [3.63, 3.8) is 0 Å². The number of carbonyl (C=O) groups is 1. The monoisotopic (exact) mass is 352 g/mol. The molecule has 26 heavy (non-hydrogen) atoms. The molecule has 2 aliphatic rings. The maximum absolute atomic E-state index is 13.1. The van der Waals surface area contributed by atoms with Gasteiger partial charge in [-0.15, -0.1) is 0 Å². The van der Waals surface area contributed by atoms with E-state index in [1.807, 2.05) is 30.5 Å². The fraction of sp³-hybridized carbons (Fsp3) is 0.286. The quantitative estimate of drug-likeness (QED) is 0.720. The summed E-state index contributed by atoms with van der Waals surface area (Å²) in [4.78, 5) is 16.4. The van der Waals surface area contributed by atoms with Gasteiger partial charge >= 0.3 is 0 Å². The molecule has 1 saturated carbocycles. The summed E-state index contributed by atoms with van der Waals surface area (Å²) >= 11 is 0. The Balaban J connectivity index is 0.00000112. The van der Waals surface area contributed by atoms with Gasteiger partial charge in [0.1, 0.15) is 0 Å². The van der Waals surface area contributed by atoms with Crippen LogP contribution in [0, 0.1) is 0 Å². The van der Waals surface area contributed by atoms with Gasteiger partial charge in [0.05, 0.1) is 5.41 Å². The molecule has 5 rings (SSSR count). The SMILES string of the molecule is CCc1cc2cc[nH]c2cc1NC(=O)C1(c2ccc3c(c2)OCO3)CC1.[HH].[HH]. The van der Waals surface area contributed by atoms with Crippen molar-refractivity contribution in [1.29, 1.82) is 0 Å². The van der Waals surface area contributed by atoms with Gasteiger partial charge in [-0.3, -0.25) is 4.79 Å². The maximum Gasteiger partial charge on any atom is 0.235 e. The molecule has 5 heteroatoms. The lowest BCUT2D eigenvalue weighted by atomic mass is 9.94. The average Bonchev–Trinajstić information content (AvgIpc) is 3.12. The van der Waals surface area contributed by atoms with Gasteiger partial charge in [-0.1, -0.05) is 13.0 Å². The first-order valence-corrected chi connectivity index (χ1v) is 9.01. The van der Waals surface area contributed by atoms with Crippen LogP contribution in [0.15, 0.2) is 42.6 Å². The third-order valence-corrected chi connectivity index (χ3v) is 5.52. The van der Waals surface area contributed by atoms with Crippen molar-refractivity contribution in [2.45, 2.75) is 31.6 Å². The fourth-order valence-corrected chi connectivity index (χ4v) is 3.76. The predicted molar refractivity (Wildman–Crippen MR) is 104 cm³/mol. The van der Waals surface area contributed by atoms with E-state index < -0.39 is 5.41 Å². The highest BCUT2D eigenvalue weighted by molar-refractivity contribution is 6.03. The lowest BCUT2D eigenvalue weighted by Gasteiger charge is -2.18. The Labute approximate surface area is 154 Å². The molecule has 1 amide bonds. The van der Waals surface area contributed by atoms with Crippen molar-refractivity contribution >= 4 is 22.5 Å². The smallest absolute Gasteiger partial charge is 0.235 e. The second-order valence-electron chi connectivity index (χ2n) is 7.03. The number of ether oxygens (including phenoxy) is 2. The van der Waals surface area contributed by atoms with Gasteiger partial charge in [0.15, 0.2) is 11.5 Å². The minimum atomic E-state index is -0.462. The zero-order valence-corrected chi connectivity index (χ0v) is 14.6. The number of rotatable bonds is 4. The third-order valence-electron chi connectivity index (χ3n) is 5.52. The van der Waals surface area contributed by atoms with Gasteiger partial charge in [-0.05, 0) is 66.1 Å². The first-order valence-electron chi connectivity index (χ1n) is 9.01. The molecule has 136 valence electrons. The van der Waals surface area contributed by atoms with E-state index in [2.05, 4.69) is 29.4 Å². The van der Waals surface area contributed by atoms with Crippen molar-refractivity contribution in [3.8, 4) is 11.5 Å². The van der Waals surface area contributed by atoms with Crippen LogP contribution < -0.4 is 14.8 Å². The summed E-state index contributed by atoms with van der Waals surface area (Å²) in [7, 11) is 0. The number of aryl methyl sites for hydroxylation is 1. The minimum absolute atomic E-state index is 0. The van der Waals surface area contributed by atoms with Crippen LogP contribution in [-0.2, 0) is 16.6 Å². The second-order valence-corrected chi connectivity index (χ2v) is 7.03. The van der Waals surface area contributed by atoms with Crippen molar-refractivity contribution in [1.82, 2.24) is 4.98 Å². The number of aromatic nitrogens is 1. The Morgan fingerprint density at radius 1 is 1.19 bits per heavy atom. The van der Waals surface area contributed by atoms with Crippen molar-refractivity contribution in [2.24, 2.45) is 0 Å². The molecule has 3 aromatic rings. The molecule has 1 aromatic heterocycles. The fourth-order valence-electron chi connectivity index (χ4n) is 3.76. The zero-order valence-electron chi connectivity index (χ0n) is 14.6. The molecule has 1 aliphatic heterocycles. The topological polar surface area (TPSA) is 63.4 Å². The van der Waals surface area contributed by atoms with Crippen LogP contribution in [0.5, 0.6) is 11.5 Å². The summed E-state index contributed by atoms with van der Waals surface area (Å²) in [5.74, 6) is 1.52. The standard InChI is InChI=1S/C21H20N2O3.2H2/c1-2-13-9-14-5-8-22-16(14)11-17(13)23-20(24)21(6-7-21)15-3-4-18-19(10-15)26-12-25-18;;/h3-5,8-11,22H,2,6-7,12H2,1H3,(H,23,24);2*1H. The summed E-state index contributed by atoms with van der Waals surface area (Å²) in [5.41, 5.74) is 3.60. The highest BCUT2D eigenvalue weighted by Crippen LogP contribution is 2.51. The Kier molecular flexibility index (Phi) is 3.26. The van der Waals surface area contributed by atoms with E-state index in [9.17, 15) is 4.79 Å². The van der Waals surface area contributed by atoms with Crippen molar-refractivity contribution < 1.29 is 17.1 Å². The average molecular weight is 352 g/mol. The summed E-state index contributed by atoms with van der Waals surface area (Å²) in [5, 5.41) is 4.35. The summed E-state index contributed by atoms with van der Waals surface area (Å²) < 4.78 is 10.9. The third kappa shape index (κ3) is 2.27. The molecular weight excluding hydrogens is 328 g/mol. The van der Waals surface area contributed by atoms with E-state index in [-0.39, 0.29) is 15.6 Å². The van der Waals surface area contributed by atoms with E-state index in [1.165, 1.54) is 0 Å². The normalized spacial score (nSPS) is 16.7. The first-order chi connectivity index (χ1) is 12.7. The Morgan fingerprint density at radius 3 is 2.85 bits per heavy atom. The van der Waals surface area contributed by atoms with E-state index in [0.29, 0.717) is 0 Å². The molecule has 1 fully saturated rings. The van der Waals surface area contributed by atoms with Crippen molar-refractivity contribution in [2.75, 3.05) is 12.1 Å². The molecule has 0 spiro atoms. The molecule has 1 aliphatic carbocycles. The number of H-pyrrole nitrogens is 1. The molecular formula is C21H24N2O3. The summed E-state index contributed by atoms with van der Waals surface area (Å²) in [6.45, 7) is 2.35. The lowest BCUT2D eigenvalue weighted by molar-refractivity contribution is -0.118. The number of hydrogen-bond acceptors (Lipinski definition) is 3. The Morgan fingerprint density at radius 2 is 2.04 bits per heavy atom. The molecule has 2 heterocycles. The van der Waals surface area contributed by atoms with Crippen LogP contribution in [0.4, 0.5) is 5.69 Å². The number of anilines is 1. The molecule has 2 N–H and O–H groups in total. The minimum Gasteiger partial charge on any atom is -0.454 e. The zero-order chi connectivity index (χ0) is 17.7. The number of aromatic amines is 1. The van der Waals surface area contributed by atoms with E-state index in [4.69, 9.17) is 9.47 Å². The molecule has 0 bridgehead atoms. The molecule has 0 saturated heterocycles. The van der Waals surface area contributed by atoms with Gasteiger partial charge < -0.3 is 19.8 Å². The largest absolute Gasteiger partial charge is 0.454 e. The number of nitrogens with one attached hydrogen (secondary N) is 2. The number of fused-ring (bicyclic) bond motifs is 2. The predicted octanol–water partition coefficient (Wildman–Crippen LogP) is 4.62. The van der Waals surface area contributed by atoms with E-state index in [0.717, 1.165) is 58.5 Å². The van der Waals surface area contributed by atoms with Crippen LogP contribution in [0.1, 0.15) is 33.7 Å². The number of hydrogen-bond donors (Lipinski definition) is 2. The molecule has 5 nitrogen and oxygen atoms in total. The van der Waals surface area contributed by atoms with E-state index in [1.54, 1.807) is 0 Å². The summed E-state index contributed by atoms with van der Waals surface area (Å²) in [6, 6.07) is 12.0. The second kappa shape index (κ2) is 5.53. The highest BCUT2D eigenvalue weighted by atomic mass is 16.7. The van der Waals surface area contributed by atoms with Crippen LogP contribution in [-0.4, -0.2) is 17.7 Å². The molecule has 0 atom stereocenters. The van der Waals surface area contributed by atoms with Gasteiger partial charge in [-0.25, -0.2) is 0 Å². The van der Waals surface area contributed by atoms with Gasteiger partial charge in [0.25, 0.3) is 0 Å².